The molecule has 0 atom stereocenters. The summed E-state index contributed by atoms with van der Waals surface area (Å²) < 4.78 is 7.11. The summed E-state index contributed by atoms with van der Waals surface area (Å²) >= 11 is 0. The highest BCUT2D eigenvalue weighted by Crippen LogP contribution is 2.24. The zero-order chi connectivity index (χ0) is 17.1. The predicted octanol–water partition coefficient (Wildman–Crippen LogP) is 2.44. The summed E-state index contributed by atoms with van der Waals surface area (Å²) in [4.78, 5) is 14.5. The SMILES string of the molecule is COc1ccc(C)cc1-n1ccc(C(=O)N(C)C2CCNCC2)n1.Cl. The zero-order valence-corrected chi connectivity index (χ0v) is 15.7. The molecule has 2 aromatic rings. The van der Waals surface area contributed by atoms with Crippen LogP contribution in [0.1, 0.15) is 28.9 Å². The van der Waals surface area contributed by atoms with Gasteiger partial charge in [0.1, 0.15) is 11.4 Å². The summed E-state index contributed by atoms with van der Waals surface area (Å²) in [6.45, 7) is 3.93. The third-order valence-electron chi connectivity index (χ3n) is 4.57. The summed E-state index contributed by atoms with van der Waals surface area (Å²) in [7, 11) is 3.50. The number of amides is 1. The van der Waals surface area contributed by atoms with E-state index in [1.165, 1.54) is 0 Å². The highest BCUT2D eigenvalue weighted by molar-refractivity contribution is 5.92. The van der Waals surface area contributed by atoms with Crippen molar-refractivity contribution in [3.63, 3.8) is 0 Å². The standard InChI is InChI=1S/C18H24N4O2.ClH/c1-13-4-5-17(24-3)16(12-13)22-11-8-15(20-22)18(23)21(2)14-6-9-19-10-7-14;/h4-5,8,11-12,14,19H,6-7,9-10H2,1-3H3;1H. The minimum absolute atomic E-state index is 0. The van der Waals surface area contributed by atoms with Crippen LogP contribution >= 0.6 is 12.4 Å². The topological polar surface area (TPSA) is 59.4 Å². The molecule has 1 aromatic carbocycles. The third-order valence-corrected chi connectivity index (χ3v) is 4.57. The number of aromatic nitrogens is 2. The van der Waals surface area contributed by atoms with Gasteiger partial charge in [-0.3, -0.25) is 4.79 Å². The zero-order valence-electron chi connectivity index (χ0n) is 14.9. The van der Waals surface area contributed by atoms with E-state index in [0.717, 1.165) is 42.9 Å². The van der Waals surface area contributed by atoms with E-state index in [2.05, 4.69) is 10.4 Å². The molecule has 0 saturated carbocycles. The summed E-state index contributed by atoms with van der Waals surface area (Å²) in [5.41, 5.74) is 2.40. The maximum absolute atomic E-state index is 12.7. The lowest BCUT2D eigenvalue weighted by atomic mass is 10.1. The summed E-state index contributed by atoms with van der Waals surface area (Å²) in [5.74, 6) is 0.696. The van der Waals surface area contributed by atoms with Gasteiger partial charge in [0.05, 0.1) is 7.11 Å². The smallest absolute Gasteiger partial charge is 0.274 e. The molecule has 6 nitrogen and oxygen atoms in total. The molecule has 0 aliphatic carbocycles. The fraction of sp³-hybridized carbons (Fsp3) is 0.444. The first kappa shape index (κ1) is 19.3. The van der Waals surface area contributed by atoms with Crippen molar-refractivity contribution in [1.82, 2.24) is 20.0 Å². The number of ether oxygens (including phenoxy) is 1. The Morgan fingerprint density at radius 2 is 2.04 bits per heavy atom. The number of nitrogens with one attached hydrogen (secondary N) is 1. The first-order valence-corrected chi connectivity index (χ1v) is 8.28. The monoisotopic (exact) mass is 364 g/mol. The van der Waals surface area contributed by atoms with Crippen molar-refractivity contribution in [3.8, 4) is 11.4 Å². The Morgan fingerprint density at radius 1 is 1.32 bits per heavy atom. The van der Waals surface area contributed by atoms with Gasteiger partial charge >= 0.3 is 0 Å². The molecular weight excluding hydrogens is 340 g/mol. The normalized spacial score (nSPS) is 14.7. The Morgan fingerprint density at radius 3 is 2.72 bits per heavy atom. The van der Waals surface area contributed by atoms with Crippen LogP contribution in [0.2, 0.25) is 0 Å². The first-order chi connectivity index (χ1) is 11.6. The molecule has 1 saturated heterocycles. The van der Waals surface area contributed by atoms with Crippen molar-refractivity contribution in [1.29, 1.82) is 0 Å². The van der Waals surface area contributed by atoms with E-state index >= 15 is 0 Å². The molecule has 1 aromatic heterocycles. The van der Waals surface area contributed by atoms with Crippen molar-refractivity contribution >= 4 is 18.3 Å². The molecule has 0 bridgehead atoms. The van der Waals surface area contributed by atoms with Crippen LogP contribution in [0.5, 0.6) is 5.75 Å². The van der Waals surface area contributed by atoms with Crippen molar-refractivity contribution in [2.75, 3.05) is 27.2 Å². The Hall–Kier alpha value is -2.05. The second-order valence-corrected chi connectivity index (χ2v) is 6.22. The molecule has 0 radical (unpaired) electrons. The van der Waals surface area contributed by atoms with Crippen LogP contribution in [0.25, 0.3) is 5.69 Å². The van der Waals surface area contributed by atoms with E-state index in [4.69, 9.17) is 4.74 Å². The molecule has 1 aliphatic heterocycles. The van der Waals surface area contributed by atoms with Crippen molar-refractivity contribution in [3.05, 3.63) is 41.7 Å². The highest BCUT2D eigenvalue weighted by Gasteiger charge is 2.24. The number of carbonyl (C=O) groups is 1. The number of hydrogen-bond acceptors (Lipinski definition) is 4. The molecule has 0 unspecified atom stereocenters. The summed E-state index contributed by atoms with van der Waals surface area (Å²) in [6.07, 6.45) is 3.77. The second-order valence-electron chi connectivity index (χ2n) is 6.22. The molecule has 25 heavy (non-hydrogen) atoms. The van der Waals surface area contributed by atoms with Gasteiger partial charge in [-0.05, 0) is 56.6 Å². The lowest BCUT2D eigenvalue weighted by molar-refractivity contribution is 0.0696. The number of hydrogen-bond donors (Lipinski definition) is 1. The molecule has 1 aliphatic rings. The predicted molar refractivity (Wildman–Crippen MR) is 100 cm³/mol. The van der Waals surface area contributed by atoms with Crippen LogP contribution < -0.4 is 10.1 Å². The molecule has 1 N–H and O–H groups in total. The third kappa shape index (κ3) is 4.14. The first-order valence-electron chi connectivity index (χ1n) is 8.28. The minimum Gasteiger partial charge on any atom is -0.494 e. The van der Waals surface area contributed by atoms with Gasteiger partial charge in [-0.15, -0.1) is 12.4 Å². The van der Waals surface area contributed by atoms with E-state index in [1.54, 1.807) is 24.1 Å². The van der Waals surface area contributed by atoms with E-state index in [9.17, 15) is 4.79 Å². The lowest BCUT2D eigenvalue weighted by Gasteiger charge is -2.31. The number of nitrogens with zero attached hydrogens (tertiary/aromatic N) is 3. The van der Waals surface area contributed by atoms with E-state index in [-0.39, 0.29) is 24.4 Å². The molecule has 1 fully saturated rings. The van der Waals surface area contributed by atoms with Crippen molar-refractivity contribution < 1.29 is 9.53 Å². The van der Waals surface area contributed by atoms with Gasteiger partial charge in [-0.2, -0.15) is 5.10 Å². The Labute approximate surface area is 154 Å². The number of carbonyl (C=O) groups excluding carboxylic acids is 1. The fourth-order valence-electron chi connectivity index (χ4n) is 3.09. The molecule has 1 amide bonds. The Kier molecular flexibility index (Phi) is 6.45. The maximum Gasteiger partial charge on any atom is 0.274 e. The molecular formula is C18H25ClN4O2. The second kappa shape index (κ2) is 8.36. The van der Waals surface area contributed by atoms with E-state index in [1.807, 2.05) is 37.1 Å². The fourth-order valence-corrected chi connectivity index (χ4v) is 3.09. The van der Waals surface area contributed by atoms with Gasteiger partial charge in [0, 0.05) is 19.3 Å². The molecule has 0 spiro atoms. The van der Waals surface area contributed by atoms with Crippen molar-refractivity contribution in [2.24, 2.45) is 0 Å². The number of benzene rings is 1. The molecule has 3 rings (SSSR count). The minimum atomic E-state index is -0.0349. The average Bonchev–Trinajstić information content (AvgIpc) is 3.11. The van der Waals surface area contributed by atoms with E-state index in [0.29, 0.717) is 5.69 Å². The number of aryl methyl sites for hydroxylation is 1. The lowest BCUT2D eigenvalue weighted by Crippen LogP contribution is -2.44. The van der Waals surface area contributed by atoms with Gasteiger partial charge in [0.15, 0.2) is 5.69 Å². The number of piperidine rings is 1. The maximum atomic E-state index is 12.7. The summed E-state index contributed by atoms with van der Waals surface area (Å²) in [6, 6.07) is 7.94. The van der Waals surface area contributed by atoms with Crippen LogP contribution in [0, 0.1) is 6.92 Å². The largest absolute Gasteiger partial charge is 0.494 e. The summed E-state index contributed by atoms with van der Waals surface area (Å²) in [5, 5.41) is 7.80. The van der Waals surface area contributed by atoms with Gasteiger partial charge in [0.2, 0.25) is 0 Å². The number of halogens is 1. The van der Waals surface area contributed by atoms with Gasteiger partial charge in [0.25, 0.3) is 5.91 Å². The highest BCUT2D eigenvalue weighted by atomic mass is 35.5. The van der Waals surface area contributed by atoms with Crippen LogP contribution in [-0.4, -0.2) is 53.9 Å². The van der Waals surface area contributed by atoms with Gasteiger partial charge < -0.3 is 15.0 Å². The van der Waals surface area contributed by atoms with E-state index < -0.39 is 0 Å². The van der Waals surface area contributed by atoms with Gasteiger partial charge in [-0.25, -0.2) is 4.68 Å². The van der Waals surface area contributed by atoms with Crippen molar-refractivity contribution in [2.45, 2.75) is 25.8 Å². The molecule has 2 heterocycles. The number of rotatable bonds is 4. The van der Waals surface area contributed by atoms with Gasteiger partial charge in [-0.1, -0.05) is 6.07 Å². The Bertz CT molecular complexity index is 726. The molecule has 136 valence electrons. The Balaban J connectivity index is 0.00000225. The van der Waals surface area contributed by atoms with Crippen LogP contribution in [-0.2, 0) is 0 Å². The number of methoxy groups -OCH3 is 1. The van der Waals surface area contributed by atoms with Crippen LogP contribution in [0.15, 0.2) is 30.5 Å². The average molecular weight is 365 g/mol. The molecule has 7 heteroatoms. The van der Waals surface area contributed by atoms with Crippen LogP contribution in [0.4, 0.5) is 0 Å². The van der Waals surface area contributed by atoms with Crippen LogP contribution in [0.3, 0.4) is 0 Å². The quantitative estimate of drug-likeness (QED) is 0.905.